The molecule has 0 bridgehead atoms. The molecule has 31 heavy (non-hydrogen) atoms. The summed E-state index contributed by atoms with van der Waals surface area (Å²) in [4.78, 5) is 23.5. The Balaban J connectivity index is 2.00. The Morgan fingerprint density at radius 1 is 1.10 bits per heavy atom. The average molecular weight is 426 g/mol. The molecule has 1 unspecified atom stereocenters. The van der Waals surface area contributed by atoms with Crippen molar-refractivity contribution in [2.45, 2.75) is 52.1 Å². The Kier molecular flexibility index (Phi) is 9.62. The van der Waals surface area contributed by atoms with Gasteiger partial charge in [-0.15, -0.1) is 0 Å². The van der Waals surface area contributed by atoms with Gasteiger partial charge in [0, 0.05) is 6.08 Å². The van der Waals surface area contributed by atoms with Gasteiger partial charge in [0.15, 0.2) is 11.5 Å². The highest BCUT2D eigenvalue weighted by atomic mass is 16.5. The maximum absolute atomic E-state index is 12.2. The maximum Gasteiger partial charge on any atom is 0.337 e. The SMILES string of the molecule is CCCCCCC(C)Oc1ccc(/C=C/C(=O)Nc2ccccc2C(=O)O)cc1OC. The van der Waals surface area contributed by atoms with Crippen molar-refractivity contribution >= 4 is 23.6 Å². The fourth-order valence-electron chi connectivity index (χ4n) is 3.14. The summed E-state index contributed by atoms with van der Waals surface area (Å²) in [6.45, 7) is 4.25. The number of methoxy groups -OCH3 is 1. The van der Waals surface area contributed by atoms with Crippen LogP contribution in [-0.2, 0) is 4.79 Å². The van der Waals surface area contributed by atoms with E-state index in [2.05, 4.69) is 19.2 Å². The molecular weight excluding hydrogens is 394 g/mol. The topological polar surface area (TPSA) is 84.9 Å². The van der Waals surface area contributed by atoms with Crippen LogP contribution in [0.5, 0.6) is 11.5 Å². The third-order valence-electron chi connectivity index (χ3n) is 4.82. The molecule has 0 saturated heterocycles. The molecule has 0 aromatic heterocycles. The summed E-state index contributed by atoms with van der Waals surface area (Å²) >= 11 is 0. The monoisotopic (exact) mass is 425 g/mol. The molecule has 2 aromatic carbocycles. The van der Waals surface area contributed by atoms with Crippen LogP contribution in [0.4, 0.5) is 5.69 Å². The van der Waals surface area contributed by atoms with Crippen LogP contribution in [0.3, 0.4) is 0 Å². The van der Waals surface area contributed by atoms with E-state index in [9.17, 15) is 14.7 Å². The Bertz CT molecular complexity index is 907. The zero-order chi connectivity index (χ0) is 22.6. The first-order valence-corrected chi connectivity index (χ1v) is 10.6. The number of unbranched alkanes of at least 4 members (excludes halogenated alkanes) is 3. The molecule has 0 fully saturated rings. The number of amides is 1. The smallest absolute Gasteiger partial charge is 0.337 e. The molecule has 2 N–H and O–H groups in total. The number of carbonyl (C=O) groups excluding carboxylic acids is 1. The van der Waals surface area contributed by atoms with Gasteiger partial charge in [0.05, 0.1) is 24.5 Å². The van der Waals surface area contributed by atoms with Gasteiger partial charge in [0.2, 0.25) is 5.91 Å². The molecule has 1 amide bonds. The Morgan fingerprint density at radius 2 is 1.87 bits per heavy atom. The van der Waals surface area contributed by atoms with Crippen molar-refractivity contribution in [2.24, 2.45) is 0 Å². The summed E-state index contributed by atoms with van der Waals surface area (Å²) in [6.07, 6.45) is 8.87. The van der Waals surface area contributed by atoms with Gasteiger partial charge < -0.3 is 19.9 Å². The van der Waals surface area contributed by atoms with Gasteiger partial charge in [-0.25, -0.2) is 4.79 Å². The number of carboxylic acid groups (broad SMARTS) is 1. The maximum atomic E-state index is 12.2. The zero-order valence-electron chi connectivity index (χ0n) is 18.4. The Hall–Kier alpha value is -3.28. The molecule has 2 aromatic rings. The molecule has 166 valence electrons. The van der Waals surface area contributed by atoms with Gasteiger partial charge in [-0.1, -0.05) is 44.4 Å². The molecule has 0 heterocycles. The lowest BCUT2D eigenvalue weighted by molar-refractivity contribution is -0.111. The highest BCUT2D eigenvalue weighted by Crippen LogP contribution is 2.30. The third-order valence-corrected chi connectivity index (χ3v) is 4.82. The summed E-state index contributed by atoms with van der Waals surface area (Å²) < 4.78 is 11.5. The second kappa shape index (κ2) is 12.4. The van der Waals surface area contributed by atoms with Crippen LogP contribution in [0.15, 0.2) is 48.5 Å². The van der Waals surface area contributed by atoms with E-state index in [1.807, 2.05) is 12.1 Å². The molecule has 0 saturated carbocycles. The first-order valence-electron chi connectivity index (χ1n) is 10.6. The summed E-state index contributed by atoms with van der Waals surface area (Å²) in [7, 11) is 1.58. The van der Waals surface area contributed by atoms with E-state index in [1.165, 1.54) is 31.4 Å². The number of rotatable bonds is 12. The van der Waals surface area contributed by atoms with Crippen molar-refractivity contribution in [3.05, 3.63) is 59.7 Å². The highest BCUT2D eigenvalue weighted by molar-refractivity contribution is 6.06. The summed E-state index contributed by atoms with van der Waals surface area (Å²) in [5.74, 6) is -0.254. The standard InChI is InChI=1S/C25H31NO5/c1-4-5-6-7-10-18(2)31-22-15-13-19(17-23(22)30-3)14-16-24(27)26-21-12-9-8-11-20(21)25(28)29/h8-9,11-18H,4-7,10H2,1-3H3,(H,26,27)(H,28,29)/b16-14+. The van der Waals surface area contributed by atoms with Crippen LogP contribution >= 0.6 is 0 Å². The van der Waals surface area contributed by atoms with E-state index in [0.717, 1.165) is 18.4 Å². The number of carbonyl (C=O) groups is 2. The number of para-hydroxylation sites is 1. The first-order chi connectivity index (χ1) is 14.9. The van der Waals surface area contributed by atoms with E-state index in [4.69, 9.17) is 9.47 Å². The molecule has 6 heteroatoms. The number of anilines is 1. The van der Waals surface area contributed by atoms with Gasteiger partial charge in [0.1, 0.15) is 0 Å². The van der Waals surface area contributed by atoms with Gasteiger partial charge in [-0.2, -0.15) is 0 Å². The number of nitrogens with one attached hydrogen (secondary N) is 1. The van der Waals surface area contributed by atoms with Crippen molar-refractivity contribution in [3.63, 3.8) is 0 Å². The van der Waals surface area contributed by atoms with E-state index in [1.54, 1.807) is 37.5 Å². The molecule has 0 aliphatic carbocycles. The van der Waals surface area contributed by atoms with Crippen LogP contribution < -0.4 is 14.8 Å². The van der Waals surface area contributed by atoms with Crippen molar-refractivity contribution in [3.8, 4) is 11.5 Å². The van der Waals surface area contributed by atoms with Crippen molar-refractivity contribution in [1.82, 2.24) is 0 Å². The fourth-order valence-corrected chi connectivity index (χ4v) is 3.14. The van der Waals surface area contributed by atoms with Crippen molar-refractivity contribution in [1.29, 1.82) is 0 Å². The molecule has 2 rings (SSSR count). The van der Waals surface area contributed by atoms with Gasteiger partial charge in [0.25, 0.3) is 0 Å². The second-order valence-electron chi connectivity index (χ2n) is 7.36. The predicted molar refractivity (Wildman–Crippen MR) is 123 cm³/mol. The lowest BCUT2D eigenvalue weighted by Crippen LogP contribution is -2.12. The number of ether oxygens (including phenoxy) is 2. The molecule has 0 aliphatic heterocycles. The quantitative estimate of drug-likeness (QED) is 0.332. The molecule has 6 nitrogen and oxygen atoms in total. The Labute approximate surface area is 183 Å². The van der Waals surface area contributed by atoms with Gasteiger partial charge >= 0.3 is 5.97 Å². The number of carboxylic acids is 1. The molecular formula is C25H31NO5. The summed E-state index contributed by atoms with van der Waals surface area (Å²) in [6, 6.07) is 11.7. The minimum Gasteiger partial charge on any atom is -0.493 e. The summed E-state index contributed by atoms with van der Waals surface area (Å²) in [5, 5.41) is 11.8. The van der Waals surface area contributed by atoms with E-state index >= 15 is 0 Å². The van der Waals surface area contributed by atoms with E-state index in [0.29, 0.717) is 11.5 Å². The first kappa shape index (κ1) is 24.0. The van der Waals surface area contributed by atoms with Gasteiger partial charge in [-0.3, -0.25) is 4.79 Å². The number of aromatic carboxylic acids is 1. The molecule has 1 atom stereocenters. The fraction of sp³-hybridized carbons (Fsp3) is 0.360. The Morgan fingerprint density at radius 3 is 2.58 bits per heavy atom. The number of hydrogen-bond acceptors (Lipinski definition) is 4. The van der Waals surface area contributed by atoms with Crippen LogP contribution in [0, 0.1) is 0 Å². The molecule has 0 spiro atoms. The third kappa shape index (κ3) is 7.81. The van der Waals surface area contributed by atoms with Crippen LogP contribution in [0.2, 0.25) is 0 Å². The average Bonchev–Trinajstić information content (AvgIpc) is 2.76. The number of hydrogen-bond donors (Lipinski definition) is 2. The van der Waals surface area contributed by atoms with E-state index in [-0.39, 0.29) is 17.4 Å². The molecule has 0 radical (unpaired) electrons. The van der Waals surface area contributed by atoms with Crippen LogP contribution in [0.1, 0.15) is 61.9 Å². The lowest BCUT2D eigenvalue weighted by Gasteiger charge is -2.17. The normalized spacial score (nSPS) is 11.8. The molecule has 0 aliphatic rings. The predicted octanol–water partition coefficient (Wildman–Crippen LogP) is 5.78. The minimum atomic E-state index is -1.10. The van der Waals surface area contributed by atoms with E-state index < -0.39 is 11.9 Å². The van der Waals surface area contributed by atoms with Crippen LogP contribution in [0.25, 0.3) is 6.08 Å². The zero-order valence-corrected chi connectivity index (χ0v) is 18.4. The lowest BCUT2D eigenvalue weighted by atomic mass is 10.1. The second-order valence-corrected chi connectivity index (χ2v) is 7.36. The largest absolute Gasteiger partial charge is 0.493 e. The van der Waals surface area contributed by atoms with Crippen molar-refractivity contribution < 1.29 is 24.2 Å². The van der Waals surface area contributed by atoms with Crippen molar-refractivity contribution in [2.75, 3.05) is 12.4 Å². The minimum absolute atomic E-state index is 0.0382. The van der Waals surface area contributed by atoms with Gasteiger partial charge in [-0.05, 0) is 55.7 Å². The number of benzene rings is 2. The van der Waals surface area contributed by atoms with Crippen LogP contribution in [-0.4, -0.2) is 30.2 Å². The summed E-state index contributed by atoms with van der Waals surface area (Å²) in [5.41, 5.74) is 1.05. The highest BCUT2D eigenvalue weighted by Gasteiger charge is 2.11.